The summed E-state index contributed by atoms with van der Waals surface area (Å²) in [6, 6.07) is 15.6. The van der Waals surface area contributed by atoms with Crippen LogP contribution in [0.25, 0.3) is 11.1 Å². The molecule has 2 fully saturated rings. The van der Waals surface area contributed by atoms with Crippen molar-refractivity contribution in [3.8, 4) is 11.1 Å². The molecule has 0 radical (unpaired) electrons. The standard InChI is InChI=1S/C28H32N2O5/c31-25(30-16-8-2-1-3-13-24(30)26(32)33)17-28(14-15-28)29-27(34)35-18-23-21-11-6-4-9-19(21)20-10-5-7-12-22(20)23/h4-7,9-12,23-24H,1-3,8,13-18H2,(H,29,34)(H,32,33). The Labute approximate surface area is 205 Å². The minimum atomic E-state index is -0.949. The molecule has 1 saturated heterocycles. The van der Waals surface area contributed by atoms with Crippen molar-refractivity contribution < 1.29 is 24.2 Å². The van der Waals surface area contributed by atoms with Gasteiger partial charge in [0.25, 0.3) is 0 Å². The third-order valence-corrected chi connectivity index (χ3v) is 7.66. The van der Waals surface area contributed by atoms with Gasteiger partial charge >= 0.3 is 12.1 Å². The van der Waals surface area contributed by atoms with Gasteiger partial charge in [0.1, 0.15) is 12.6 Å². The monoisotopic (exact) mass is 476 g/mol. The summed E-state index contributed by atoms with van der Waals surface area (Å²) in [6.45, 7) is 0.675. The Hall–Kier alpha value is -3.35. The predicted octanol–water partition coefficient (Wildman–Crippen LogP) is 4.69. The SMILES string of the molecule is O=C(NC1(CC(=O)N2CCCCCCC2C(=O)O)CC1)OCC1c2ccccc2-c2ccccc21. The second-order valence-corrected chi connectivity index (χ2v) is 10.1. The van der Waals surface area contributed by atoms with Crippen LogP contribution < -0.4 is 5.32 Å². The minimum absolute atomic E-state index is 0.0257. The number of fused-ring (bicyclic) bond motifs is 3. The van der Waals surface area contributed by atoms with E-state index in [1.165, 1.54) is 16.0 Å². The lowest BCUT2D eigenvalue weighted by molar-refractivity contribution is -0.151. The van der Waals surface area contributed by atoms with Gasteiger partial charge in [-0.25, -0.2) is 9.59 Å². The minimum Gasteiger partial charge on any atom is -0.480 e. The van der Waals surface area contributed by atoms with E-state index in [9.17, 15) is 19.5 Å². The highest BCUT2D eigenvalue weighted by atomic mass is 16.5. The van der Waals surface area contributed by atoms with Gasteiger partial charge in [-0.3, -0.25) is 4.79 Å². The van der Waals surface area contributed by atoms with E-state index in [1.54, 1.807) is 0 Å². The number of nitrogens with zero attached hydrogens (tertiary/aromatic N) is 1. The molecule has 2 aliphatic carbocycles. The fraction of sp³-hybridized carbons (Fsp3) is 0.464. The molecule has 2 amide bonds. The van der Waals surface area contributed by atoms with Crippen molar-refractivity contribution in [3.05, 3.63) is 59.7 Å². The second kappa shape index (κ2) is 9.72. The number of hydrogen-bond donors (Lipinski definition) is 2. The first kappa shape index (κ1) is 23.4. The lowest BCUT2D eigenvalue weighted by Crippen LogP contribution is -2.49. The number of hydrogen-bond acceptors (Lipinski definition) is 4. The summed E-state index contributed by atoms with van der Waals surface area (Å²) in [5.74, 6) is -1.17. The van der Waals surface area contributed by atoms with E-state index in [-0.39, 0.29) is 24.9 Å². The maximum Gasteiger partial charge on any atom is 0.407 e. The van der Waals surface area contributed by atoms with Crippen LogP contribution in [0.5, 0.6) is 0 Å². The van der Waals surface area contributed by atoms with Crippen LogP contribution in [-0.4, -0.2) is 52.7 Å². The van der Waals surface area contributed by atoms with Crippen LogP contribution in [-0.2, 0) is 14.3 Å². The summed E-state index contributed by atoms with van der Waals surface area (Å²) in [6.07, 6.45) is 5.06. The summed E-state index contributed by atoms with van der Waals surface area (Å²) < 4.78 is 5.67. The number of carboxylic acids is 1. The quantitative estimate of drug-likeness (QED) is 0.630. The van der Waals surface area contributed by atoms with Crippen molar-refractivity contribution in [2.75, 3.05) is 13.2 Å². The number of alkyl carbamates (subject to hydrolysis) is 1. The van der Waals surface area contributed by atoms with E-state index >= 15 is 0 Å². The highest BCUT2D eigenvalue weighted by Crippen LogP contribution is 2.45. The fourth-order valence-electron chi connectivity index (χ4n) is 5.58. The first-order valence-corrected chi connectivity index (χ1v) is 12.6. The number of carboxylic acid groups (broad SMARTS) is 1. The Bertz CT molecular complexity index is 1080. The first-order chi connectivity index (χ1) is 17.0. The van der Waals surface area contributed by atoms with Crippen LogP contribution in [0.2, 0.25) is 0 Å². The maximum atomic E-state index is 13.1. The fourth-order valence-corrected chi connectivity index (χ4v) is 5.58. The molecule has 0 aromatic heterocycles. The van der Waals surface area contributed by atoms with Crippen molar-refractivity contribution in [1.29, 1.82) is 0 Å². The van der Waals surface area contributed by atoms with Gasteiger partial charge in [0, 0.05) is 12.5 Å². The highest BCUT2D eigenvalue weighted by Gasteiger charge is 2.48. The smallest absolute Gasteiger partial charge is 0.407 e. The van der Waals surface area contributed by atoms with Crippen molar-refractivity contribution >= 4 is 18.0 Å². The normalized spacial score (nSPS) is 20.7. The molecule has 1 aliphatic heterocycles. The zero-order valence-corrected chi connectivity index (χ0v) is 19.9. The van der Waals surface area contributed by atoms with E-state index < -0.39 is 23.6 Å². The Balaban J connectivity index is 1.20. The average molecular weight is 477 g/mol. The van der Waals surface area contributed by atoms with Gasteiger partial charge in [-0.2, -0.15) is 0 Å². The third-order valence-electron chi connectivity index (χ3n) is 7.66. The van der Waals surface area contributed by atoms with Crippen LogP contribution in [0.4, 0.5) is 4.79 Å². The molecule has 0 spiro atoms. The van der Waals surface area contributed by atoms with E-state index in [0.717, 1.165) is 36.8 Å². The number of rotatable bonds is 6. The van der Waals surface area contributed by atoms with Gasteiger partial charge in [0.15, 0.2) is 0 Å². The molecule has 2 aromatic carbocycles. The Morgan fingerprint density at radius 1 is 0.943 bits per heavy atom. The Kier molecular flexibility index (Phi) is 6.50. The molecule has 5 rings (SSSR count). The number of benzene rings is 2. The summed E-state index contributed by atoms with van der Waals surface area (Å²) in [5, 5.41) is 12.6. The zero-order chi connectivity index (χ0) is 24.4. The molecule has 7 nitrogen and oxygen atoms in total. The molecule has 1 saturated carbocycles. The molecule has 184 valence electrons. The number of carbonyl (C=O) groups excluding carboxylic acids is 2. The van der Waals surface area contributed by atoms with Crippen LogP contribution in [0.3, 0.4) is 0 Å². The summed E-state index contributed by atoms with van der Waals surface area (Å²) in [5.41, 5.74) is 4.00. The topological polar surface area (TPSA) is 95.9 Å². The van der Waals surface area contributed by atoms with E-state index in [4.69, 9.17) is 4.74 Å². The molecule has 0 bridgehead atoms. The summed E-state index contributed by atoms with van der Waals surface area (Å²) >= 11 is 0. The van der Waals surface area contributed by atoms with Gasteiger partial charge in [0.2, 0.25) is 5.91 Å². The molecule has 1 heterocycles. The van der Waals surface area contributed by atoms with E-state index in [1.807, 2.05) is 24.3 Å². The molecule has 2 N–H and O–H groups in total. The van der Waals surface area contributed by atoms with Crippen LogP contribution >= 0.6 is 0 Å². The van der Waals surface area contributed by atoms with Crippen LogP contribution in [0.1, 0.15) is 68.4 Å². The predicted molar refractivity (Wildman–Crippen MR) is 131 cm³/mol. The van der Waals surface area contributed by atoms with Crippen LogP contribution in [0, 0.1) is 0 Å². The van der Waals surface area contributed by atoms with E-state index in [2.05, 4.69) is 29.6 Å². The number of aliphatic carboxylic acids is 1. The summed E-state index contributed by atoms with van der Waals surface area (Å²) in [4.78, 5) is 39.2. The number of nitrogens with one attached hydrogen (secondary N) is 1. The number of ether oxygens (including phenoxy) is 1. The first-order valence-electron chi connectivity index (χ1n) is 12.6. The van der Waals surface area contributed by atoms with Gasteiger partial charge in [0.05, 0.1) is 12.0 Å². The number of amides is 2. The molecule has 1 atom stereocenters. The van der Waals surface area contributed by atoms with Crippen molar-refractivity contribution in [2.45, 2.75) is 68.9 Å². The molecule has 2 aromatic rings. The molecule has 3 aliphatic rings. The van der Waals surface area contributed by atoms with Gasteiger partial charge in [-0.15, -0.1) is 0 Å². The molecule has 1 unspecified atom stereocenters. The molecular formula is C28H32N2O5. The zero-order valence-electron chi connectivity index (χ0n) is 19.9. The second-order valence-electron chi connectivity index (χ2n) is 10.1. The maximum absolute atomic E-state index is 13.1. The Morgan fingerprint density at radius 2 is 1.57 bits per heavy atom. The van der Waals surface area contributed by atoms with Gasteiger partial charge in [-0.05, 0) is 47.9 Å². The highest BCUT2D eigenvalue weighted by molar-refractivity contribution is 5.85. The number of likely N-dealkylation sites (tertiary alicyclic amines) is 1. The van der Waals surface area contributed by atoms with Gasteiger partial charge in [-0.1, -0.05) is 67.8 Å². The van der Waals surface area contributed by atoms with Crippen molar-refractivity contribution in [2.24, 2.45) is 0 Å². The molecule has 7 heteroatoms. The van der Waals surface area contributed by atoms with E-state index in [0.29, 0.717) is 25.8 Å². The summed E-state index contributed by atoms with van der Waals surface area (Å²) in [7, 11) is 0. The van der Waals surface area contributed by atoms with Gasteiger partial charge < -0.3 is 20.1 Å². The number of carbonyl (C=O) groups is 3. The van der Waals surface area contributed by atoms with Crippen LogP contribution in [0.15, 0.2) is 48.5 Å². The Morgan fingerprint density at radius 3 is 2.20 bits per heavy atom. The molecular weight excluding hydrogens is 444 g/mol. The lowest BCUT2D eigenvalue weighted by Gasteiger charge is -2.32. The van der Waals surface area contributed by atoms with Crippen molar-refractivity contribution in [1.82, 2.24) is 10.2 Å². The average Bonchev–Trinajstić information content (AvgIpc) is 3.49. The largest absolute Gasteiger partial charge is 0.480 e. The third kappa shape index (κ3) is 4.90. The molecule has 35 heavy (non-hydrogen) atoms. The lowest BCUT2D eigenvalue weighted by atomic mass is 9.98. The van der Waals surface area contributed by atoms with Crippen molar-refractivity contribution in [3.63, 3.8) is 0 Å².